The molecule has 0 unspecified atom stereocenters. The van der Waals surface area contributed by atoms with Crippen LogP contribution in [0, 0.1) is 5.92 Å². The van der Waals surface area contributed by atoms with Crippen LogP contribution in [0.4, 0.5) is 16.2 Å². The lowest BCUT2D eigenvalue weighted by atomic mass is 10.0. The third-order valence-electron chi connectivity index (χ3n) is 4.02. The predicted octanol–water partition coefficient (Wildman–Crippen LogP) is 1.53. The zero-order chi connectivity index (χ0) is 20.4. The molecule has 0 radical (unpaired) electrons. The second-order valence-electron chi connectivity index (χ2n) is 5.89. The van der Waals surface area contributed by atoms with Crippen LogP contribution in [0.15, 0.2) is 60.8 Å². The molecule has 9 heteroatoms. The Balaban J connectivity index is 1.83. The molecule has 1 atom stereocenters. The van der Waals surface area contributed by atoms with Crippen molar-refractivity contribution in [3.05, 3.63) is 71.4 Å². The summed E-state index contributed by atoms with van der Waals surface area (Å²) in [6.07, 6.45) is 0. The molecule has 3 rings (SSSR count). The summed E-state index contributed by atoms with van der Waals surface area (Å²) in [7, 11) is 0. The van der Waals surface area contributed by atoms with Gasteiger partial charge in [0.05, 0.1) is 11.7 Å². The van der Waals surface area contributed by atoms with E-state index in [1.165, 1.54) is 48.5 Å². The average Bonchev–Trinajstić information content (AvgIpc) is 2.63. The number of barbiturate groups is 1. The van der Waals surface area contributed by atoms with E-state index in [1.54, 1.807) is 0 Å². The highest BCUT2D eigenvalue weighted by Crippen LogP contribution is 2.26. The molecular weight excluding hydrogens is 386 g/mol. The maximum absolute atomic E-state index is 12.8. The molecule has 2 aromatic rings. The number of halogens is 1. The molecule has 0 aromatic heterocycles. The first-order chi connectivity index (χ1) is 13.3. The van der Waals surface area contributed by atoms with Crippen LogP contribution in [0.2, 0.25) is 5.02 Å². The number of carboxylic acids is 1. The first-order valence-electron chi connectivity index (χ1n) is 7.99. The molecule has 4 amide bonds. The number of aromatic carboxylic acids is 1. The van der Waals surface area contributed by atoms with E-state index >= 15 is 0 Å². The van der Waals surface area contributed by atoms with E-state index in [4.69, 9.17) is 11.6 Å². The number of carboxylic acid groups (broad SMARTS) is 1. The molecule has 28 heavy (non-hydrogen) atoms. The van der Waals surface area contributed by atoms with Gasteiger partial charge in [0.25, 0.3) is 5.91 Å². The molecule has 1 aliphatic heterocycles. The first-order valence-corrected chi connectivity index (χ1v) is 8.37. The second kappa shape index (κ2) is 7.53. The maximum atomic E-state index is 12.8. The minimum absolute atomic E-state index is 0.0233. The molecule has 0 aliphatic carbocycles. The third kappa shape index (κ3) is 3.72. The molecule has 142 valence electrons. The van der Waals surface area contributed by atoms with Crippen LogP contribution in [0.5, 0.6) is 0 Å². The van der Waals surface area contributed by atoms with Crippen LogP contribution in [0.1, 0.15) is 10.4 Å². The van der Waals surface area contributed by atoms with Crippen LogP contribution >= 0.6 is 11.6 Å². The first kappa shape index (κ1) is 19.1. The molecule has 0 saturated carbocycles. The maximum Gasteiger partial charge on any atom is 0.335 e. The normalized spacial score (nSPS) is 16.5. The standard InChI is InChI=1S/C19H14ClN3O5/c1-10(21-13-6-2-11(3-7-13)18(26)27)15-16(24)22-19(28)23(17(15)25)14-8-4-12(20)5-9-14/h2-9,15,21H,1H2,(H,26,27)(H,22,24,28)/p-1/t15-/m1/s1. The summed E-state index contributed by atoms with van der Waals surface area (Å²) in [5, 5.41) is 16.1. The van der Waals surface area contributed by atoms with Crippen molar-refractivity contribution in [1.29, 1.82) is 0 Å². The van der Waals surface area contributed by atoms with Gasteiger partial charge in [-0.25, -0.2) is 9.69 Å². The van der Waals surface area contributed by atoms with Gasteiger partial charge in [0.2, 0.25) is 5.91 Å². The van der Waals surface area contributed by atoms with Gasteiger partial charge in [-0.15, -0.1) is 0 Å². The summed E-state index contributed by atoms with van der Waals surface area (Å²) in [6.45, 7) is 3.72. The van der Waals surface area contributed by atoms with Gasteiger partial charge < -0.3 is 15.2 Å². The van der Waals surface area contributed by atoms with Crippen molar-refractivity contribution in [2.45, 2.75) is 0 Å². The Morgan fingerprint density at radius 3 is 2.25 bits per heavy atom. The highest BCUT2D eigenvalue weighted by Gasteiger charge is 2.42. The number of anilines is 2. The van der Waals surface area contributed by atoms with Crippen LogP contribution < -0.4 is 20.6 Å². The Kier molecular flexibility index (Phi) is 5.14. The van der Waals surface area contributed by atoms with E-state index in [2.05, 4.69) is 17.2 Å². The monoisotopic (exact) mass is 398 g/mol. The summed E-state index contributed by atoms with van der Waals surface area (Å²) in [4.78, 5) is 48.8. The highest BCUT2D eigenvalue weighted by atomic mass is 35.5. The number of hydrogen-bond donors (Lipinski definition) is 2. The zero-order valence-electron chi connectivity index (χ0n) is 14.3. The number of carbonyl (C=O) groups is 4. The van der Waals surface area contributed by atoms with Crippen molar-refractivity contribution >= 4 is 46.8 Å². The van der Waals surface area contributed by atoms with Crippen LogP contribution in [-0.2, 0) is 9.59 Å². The number of nitrogens with zero attached hydrogens (tertiary/aromatic N) is 1. The summed E-state index contributed by atoms with van der Waals surface area (Å²) in [6, 6.07) is 10.6. The summed E-state index contributed by atoms with van der Waals surface area (Å²) < 4.78 is 0. The molecule has 0 bridgehead atoms. The zero-order valence-corrected chi connectivity index (χ0v) is 15.0. The number of imide groups is 2. The fraction of sp³-hybridized carbons (Fsp3) is 0.0526. The van der Waals surface area contributed by atoms with E-state index in [-0.39, 0.29) is 16.9 Å². The fourth-order valence-electron chi connectivity index (χ4n) is 2.66. The molecule has 8 nitrogen and oxygen atoms in total. The highest BCUT2D eigenvalue weighted by molar-refractivity contribution is 6.31. The van der Waals surface area contributed by atoms with E-state index in [0.29, 0.717) is 10.7 Å². The molecule has 1 fully saturated rings. The quantitative estimate of drug-likeness (QED) is 0.737. The molecule has 1 aliphatic rings. The Morgan fingerprint density at radius 1 is 1.07 bits per heavy atom. The van der Waals surface area contributed by atoms with E-state index in [0.717, 1.165) is 4.90 Å². The van der Waals surface area contributed by atoms with Crippen molar-refractivity contribution in [3.63, 3.8) is 0 Å². The van der Waals surface area contributed by atoms with Gasteiger partial charge in [-0.05, 0) is 42.0 Å². The molecule has 1 saturated heterocycles. The Bertz CT molecular complexity index is 986. The lowest BCUT2D eigenvalue weighted by Gasteiger charge is -2.31. The lowest BCUT2D eigenvalue weighted by Crippen LogP contribution is -2.59. The van der Waals surface area contributed by atoms with Crippen LogP contribution in [0.3, 0.4) is 0 Å². The van der Waals surface area contributed by atoms with Gasteiger partial charge in [-0.3, -0.25) is 14.9 Å². The van der Waals surface area contributed by atoms with Crippen molar-refractivity contribution in [2.75, 3.05) is 10.2 Å². The van der Waals surface area contributed by atoms with E-state index in [9.17, 15) is 24.3 Å². The van der Waals surface area contributed by atoms with Crippen molar-refractivity contribution < 1.29 is 24.3 Å². The minimum Gasteiger partial charge on any atom is -0.545 e. The summed E-state index contributed by atoms with van der Waals surface area (Å²) in [5.41, 5.74) is 0.651. The SMILES string of the molecule is C=C(Nc1ccc(C(=O)[O-])cc1)[C@@H]1C(=O)NC(=O)N(c2ccc(Cl)cc2)C1=O. The van der Waals surface area contributed by atoms with E-state index in [1.807, 2.05) is 0 Å². The number of amides is 4. The van der Waals surface area contributed by atoms with Crippen LogP contribution in [0.25, 0.3) is 0 Å². The Hall–Kier alpha value is -3.65. The Labute approximate surface area is 164 Å². The molecule has 1 heterocycles. The Morgan fingerprint density at radius 2 is 1.68 bits per heavy atom. The predicted molar refractivity (Wildman–Crippen MR) is 99.5 cm³/mol. The van der Waals surface area contributed by atoms with Gasteiger partial charge >= 0.3 is 6.03 Å². The van der Waals surface area contributed by atoms with Crippen LogP contribution in [-0.4, -0.2) is 23.8 Å². The van der Waals surface area contributed by atoms with Gasteiger partial charge in [0, 0.05) is 16.4 Å². The average molecular weight is 399 g/mol. The number of rotatable bonds is 5. The summed E-state index contributed by atoms with van der Waals surface area (Å²) >= 11 is 5.82. The molecule has 0 spiro atoms. The molecule has 2 N–H and O–H groups in total. The summed E-state index contributed by atoms with van der Waals surface area (Å²) in [5.74, 6) is -4.29. The largest absolute Gasteiger partial charge is 0.545 e. The van der Waals surface area contributed by atoms with Gasteiger partial charge in [0.15, 0.2) is 5.92 Å². The topological polar surface area (TPSA) is 119 Å². The smallest absolute Gasteiger partial charge is 0.335 e. The van der Waals surface area contributed by atoms with Gasteiger partial charge in [-0.2, -0.15) is 0 Å². The van der Waals surface area contributed by atoms with Gasteiger partial charge in [-0.1, -0.05) is 30.3 Å². The number of nitrogens with one attached hydrogen (secondary N) is 2. The van der Waals surface area contributed by atoms with E-state index < -0.39 is 29.7 Å². The molecule has 2 aromatic carbocycles. The number of urea groups is 1. The number of hydrogen-bond acceptors (Lipinski definition) is 6. The van der Waals surface area contributed by atoms with Crippen molar-refractivity contribution in [3.8, 4) is 0 Å². The van der Waals surface area contributed by atoms with Crippen molar-refractivity contribution in [1.82, 2.24) is 5.32 Å². The third-order valence-corrected chi connectivity index (χ3v) is 4.27. The fourth-order valence-corrected chi connectivity index (χ4v) is 2.79. The van der Waals surface area contributed by atoms with Crippen molar-refractivity contribution in [2.24, 2.45) is 5.92 Å². The number of benzene rings is 2. The number of carbonyl (C=O) groups excluding carboxylic acids is 4. The second-order valence-corrected chi connectivity index (χ2v) is 6.33. The van der Waals surface area contributed by atoms with Gasteiger partial charge in [0.1, 0.15) is 0 Å². The molecular formula is C19H13ClN3O5-. The minimum atomic E-state index is -1.37. The lowest BCUT2D eigenvalue weighted by molar-refractivity contribution is -0.255.